The summed E-state index contributed by atoms with van der Waals surface area (Å²) < 4.78 is 5.18. The van der Waals surface area contributed by atoms with E-state index in [1.54, 1.807) is 6.29 Å². The number of hydrogen-bond donors (Lipinski definition) is 1. The normalized spacial score (nSPS) is 12.4. The third kappa shape index (κ3) is 3.83. The molecule has 0 aromatic heterocycles. The summed E-state index contributed by atoms with van der Waals surface area (Å²) in [6.45, 7) is 0.703. The first kappa shape index (κ1) is 9.89. The highest BCUT2D eigenvalue weighted by Crippen LogP contribution is 1.99. The van der Waals surface area contributed by atoms with Gasteiger partial charge >= 0.3 is 0 Å². The van der Waals surface area contributed by atoms with Gasteiger partial charge in [-0.25, -0.2) is 0 Å². The lowest BCUT2D eigenvalue weighted by atomic mass is 10.2. The van der Waals surface area contributed by atoms with Gasteiger partial charge < -0.3 is 10.5 Å². The Labute approximate surface area is 77.5 Å². The molecular weight excluding hydrogens is 166 g/mol. The van der Waals surface area contributed by atoms with Gasteiger partial charge in [0.2, 0.25) is 6.29 Å². The maximum absolute atomic E-state index is 10.0. The molecule has 0 bridgehead atoms. The quantitative estimate of drug-likeness (QED) is 0.719. The highest BCUT2D eigenvalue weighted by atomic mass is 16.5. The fourth-order valence-electron chi connectivity index (χ4n) is 0.912. The molecular formula is C10H12NO2. The first-order valence-electron chi connectivity index (χ1n) is 4.08. The summed E-state index contributed by atoms with van der Waals surface area (Å²) in [4.78, 5) is 10.0. The minimum Gasteiger partial charge on any atom is -0.375 e. The second kappa shape index (κ2) is 5.45. The SMILES string of the molecule is N[C@H]([C]=O)COCc1ccccc1. The summed E-state index contributed by atoms with van der Waals surface area (Å²) in [6.07, 6.45) is 1.65. The van der Waals surface area contributed by atoms with E-state index in [1.165, 1.54) is 0 Å². The van der Waals surface area contributed by atoms with Gasteiger partial charge in [-0.2, -0.15) is 0 Å². The van der Waals surface area contributed by atoms with E-state index >= 15 is 0 Å². The smallest absolute Gasteiger partial charge is 0.219 e. The Morgan fingerprint density at radius 3 is 2.69 bits per heavy atom. The van der Waals surface area contributed by atoms with Crippen LogP contribution in [0.1, 0.15) is 5.56 Å². The molecule has 0 saturated heterocycles. The maximum Gasteiger partial charge on any atom is 0.219 e. The van der Waals surface area contributed by atoms with Gasteiger partial charge in [-0.3, -0.25) is 4.79 Å². The van der Waals surface area contributed by atoms with E-state index in [1.807, 2.05) is 30.3 Å². The summed E-state index contributed by atoms with van der Waals surface area (Å²) in [5, 5.41) is 0. The van der Waals surface area contributed by atoms with Gasteiger partial charge in [0, 0.05) is 0 Å². The first-order chi connectivity index (χ1) is 6.33. The van der Waals surface area contributed by atoms with Crippen LogP contribution in [0.4, 0.5) is 0 Å². The van der Waals surface area contributed by atoms with Crippen molar-refractivity contribution in [2.24, 2.45) is 5.73 Å². The largest absolute Gasteiger partial charge is 0.375 e. The molecule has 0 fully saturated rings. The molecule has 0 amide bonds. The van der Waals surface area contributed by atoms with Crippen LogP contribution >= 0.6 is 0 Å². The van der Waals surface area contributed by atoms with E-state index < -0.39 is 6.04 Å². The number of rotatable bonds is 5. The topological polar surface area (TPSA) is 52.3 Å². The Morgan fingerprint density at radius 1 is 1.38 bits per heavy atom. The summed E-state index contributed by atoms with van der Waals surface area (Å²) in [5.41, 5.74) is 6.36. The highest BCUT2D eigenvalue weighted by Gasteiger charge is 2.00. The van der Waals surface area contributed by atoms with E-state index in [4.69, 9.17) is 10.5 Å². The summed E-state index contributed by atoms with van der Waals surface area (Å²) in [5.74, 6) is 0. The van der Waals surface area contributed by atoms with Crippen molar-refractivity contribution >= 4 is 6.29 Å². The molecule has 1 aromatic rings. The van der Waals surface area contributed by atoms with Gasteiger partial charge in [0.1, 0.15) is 0 Å². The van der Waals surface area contributed by atoms with Gasteiger partial charge in [0.15, 0.2) is 0 Å². The zero-order chi connectivity index (χ0) is 9.52. The zero-order valence-corrected chi connectivity index (χ0v) is 7.27. The molecule has 69 valence electrons. The van der Waals surface area contributed by atoms with Crippen molar-refractivity contribution in [3.63, 3.8) is 0 Å². The van der Waals surface area contributed by atoms with Crippen LogP contribution in [0.25, 0.3) is 0 Å². The van der Waals surface area contributed by atoms with Crippen LogP contribution in [0.2, 0.25) is 0 Å². The average Bonchev–Trinajstić information content (AvgIpc) is 2.19. The van der Waals surface area contributed by atoms with Gasteiger partial charge in [-0.1, -0.05) is 30.3 Å². The predicted octanol–water partition coefficient (Wildman–Crippen LogP) is 0.640. The third-order valence-corrected chi connectivity index (χ3v) is 1.56. The molecule has 1 rings (SSSR count). The Kier molecular flexibility index (Phi) is 4.15. The number of ether oxygens (including phenoxy) is 1. The molecule has 13 heavy (non-hydrogen) atoms. The molecule has 0 heterocycles. The lowest BCUT2D eigenvalue weighted by molar-refractivity contribution is 0.119. The lowest BCUT2D eigenvalue weighted by Gasteiger charge is -2.04. The third-order valence-electron chi connectivity index (χ3n) is 1.56. The highest BCUT2D eigenvalue weighted by molar-refractivity contribution is 5.57. The van der Waals surface area contributed by atoms with E-state index in [0.717, 1.165) is 5.56 Å². The van der Waals surface area contributed by atoms with Gasteiger partial charge in [-0.05, 0) is 5.56 Å². The molecule has 1 aromatic carbocycles. The summed E-state index contributed by atoms with van der Waals surface area (Å²) in [6, 6.07) is 9.08. The molecule has 1 atom stereocenters. The van der Waals surface area contributed by atoms with Crippen molar-refractivity contribution in [2.75, 3.05) is 6.61 Å². The van der Waals surface area contributed by atoms with E-state index in [-0.39, 0.29) is 6.61 Å². The number of hydrogen-bond acceptors (Lipinski definition) is 3. The summed E-state index contributed by atoms with van der Waals surface area (Å²) in [7, 11) is 0. The van der Waals surface area contributed by atoms with Crippen molar-refractivity contribution < 1.29 is 9.53 Å². The fraction of sp³-hybridized carbons (Fsp3) is 0.300. The molecule has 3 heteroatoms. The second-order valence-electron chi connectivity index (χ2n) is 2.73. The van der Waals surface area contributed by atoms with E-state index in [2.05, 4.69) is 0 Å². The Morgan fingerprint density at radius 2 is 2.08 bits per heavy atom. The molecule has 1 radical (unpaired) electrons. The predicted molar refractivity (Wildman–Crippen MR) is 49.8 cm³/mol. The fourth-order valence-corrected chi connectivity index (χ4v) is 0.912. The minimum absolute atomic E-state index is 0.221. The monoisotopic (exact) mass is 178 g/mol. The molecule has 0 saturated carbocycles. The van der Waals surface area contributed by atoms with Crippen LogP contribution in [-0.4, -0.2) is 18.9 Å². The van der Waals surface area contributed by atoms with Crippen LogP contribution in [0.15, 0.2) is 30.3 Å². The standard InChI is InChI=1S/C10H12NO2/c11-10(6-12)8-13-7-9-4-2-1-3-5-9/h1-5,10H,7-8,11H2/t10-/m1/s1. The molecule has 3 nitrogen and oxygen atoms in total. The van der Waals surface area contributed by atoms with Crippen molar-refractivity contribution in [3.05, 3.63) is 35.9 Å². The zero-order valence-electron chi connectivity index (χ0n) is 7.27. The van der Waals surface area contributed by atoms with Gasteiger partial charge in [0.25, 0.3) is 0 Å². The van der Waals surface area contributed by atoms with Crippen molar-refractivity contribution in [3.8, 4) is 0 Å². The van der Waals surface area contributed by atoms with Crippen LogP contribution in [0.5, 0.6) is 0 Å². The Balaban J connectivity index is 2.24. The van der Waals surface area contributed by atoms with E-state index in [0.29, 0.717) is 6.61 Å². The van der Waals surface area contributed by atoms with Crippen LogP contribution in [0.3, 0.4) is 0 Å². The molecule has 0 aliphatic rings. The first-order valence-corrected chi connectivity index (χ1v) is 4.08. The summed E-state index contributed by atoms with van der Waals surface area (Å²) >= 11 is 0. The van der Waals surface area contributed by atoms with Gasteiger partial charge in [-0.15, -0.1) is 0 Å². The van der Waals surface area contributed by atoms with Gasteiger partial charge in [0.05, 0.1) is 19.3 Å². The number of nitrogens with two attached hydrogens (primary N) is 1. The second-order valence-corrected chi connectivity index (χ2v) is 2.73. The Hall–Kier alpha value is -1.19. The molecule has 0 spiro atoms. The van der Waals surface area contributed by atoms with Crippen molar-refractivity contribution in [2.45, 2.75) is 12.6 Å². The van der Waals surface area contributed by atoms with Crippen LogP contribution < -0.4 is 5.73 Å². The average molecular weight is 178 g/mol. The molecule has 0 aliphatic carbocycles. The van der Waals surface area contributed by atoms with Crippen molar-refractivity contribution in [1.82, 2.24) is 0 Å². The molecule has 0 unspecified atom stereocenters. The number of benzene rings is 1. The molecule has 0 aliphatic heterocycles. The van der Waals surface area contributed by atoms with Crippen LogP contribution in [0, 0.1) is 0 Å². The Bertz CT molecular complexity index is 248. The maximum atomic E-state index is 10.0. The number of carbonyl (C=O) groups excluding carboxylic acids is 1. The molecule has 2 N–H and O–H groups in total. The minimum atomic E-state index is -0.635. The van der Waals surface area contributed by atoms with Crippen molar-refractivity contribution in [1.29, 1.82) is 0 Å². The lowest BCUT2D eigenvalue weighted by Crippen LogP contribution is -2.27. The van der Waals surface area contributed by atoms with Crippen LogP contribution in [-0.2, 0) is 16.1 Å². The van der Waals surface area contributed by atoms with E-state index in [9.17, 15) is 4.79 Å².